The molecule has 22 heavy (non-hydrogen) atoms. The predicted octanol–water partition coefficient (Wildman–Crippen LogP) is 4.26. The molecule has 0 aromatic heterocycles. The van der Waals surface area contributed by atoms with Crippen LogP contribution in [0.5, 0.6) is 0 Å². The van der Waals surface area contributed by atoms with Crippen molar-refractivity contribution in [1.82, 2.24) is 0 Å². The van der Waals surface area contributed by atoms with Gasteiger partial charge in [0.1, 0.15) is 0 Å². The first-order valence-electron chi connectivity index (χ1n) is 7.26. The summed E-state index contributed by atoms with van der Waals surface area (Å²) < 4.78 is 0. The second-order valence-corrected chi connectivity index (χ2v) is 5.55. The summed E-state index contributed by atoms with van der Waals surface area (Å²) in [5, 5.41) is 2.89. The van der Waals surface area contributed by atoms with Crippen LogP contribution in [-0.2, 0) is 4.79 Å². The van der Waals surface area contributed by atoms with Crippen molar-refractivity contribution in [2.45, 2.75) is 32.2 Å². The van der Waals surface area contributed by atoms with Crippen molar-refractivity contribution in [2.75, 3.05) is 5.32 Å². The highest BCUT2D eigenvalue weighted by molar-refractivity contribution is 5.91. The van der Waals surface area contributed by atoms with Crippen LogP contribution < -0.4 is 11.1 Å². The highest BCUT2D eigenvalue weighted by Crippen LogP contribution is 2.18. The molecule has 2 rings (SSSR count). The normalized spacial score (nSPS) is 11.6. The van der Waals surface area contributed by atoms with E-state index in [1.54, 1.807) is 0 Å². The average molecular weight is 319 g/mol. The Balaban J connectivity index is 0.00000242. The van der Waals surface area contributed by atoms with Crippen molar-refractivity contribution in [1.29, 1.82) is 0 Å². The molecule has 1 unspecified atom stereocenters. The number of nitrogens with two attached hydrogens (primary N) is 1. The van der Waals surface area contributed by atoms with Crippen LogP contribution in [0.3, 0.4) is 0 Å². The van der Waals surface area contributed by atoms with Crippen molar-refractivity contribution in [3.63, 3.8) is 0 Å². The Morgan fingerprint density at radius 2 is 1.59 bits per heavy atom. The number of hydrogen-bond donors (Lipinski definition) is 2. The standard InChI is InChI=1S/C18H22N2O.ClH/c1-13(2)14-8-10-16(11-9-14)20-18(21)12-17(19)15-6-4-3-5-7-15;/h3-11,13,17H,12,19H2,1-2H3,(H,20,21);1H. The number of carbonyl (C=O) groups is 1. The summed E-state index contributed by atoms with van der Waals surface area (Å²) in [6, 6.07) is 17.3. The number of hydrogen-bond acceptors (Lipinski definition) is 2. The van der Waals surface area contributed by atoms with E-state index in [4.69, 9.17) is 5.73 Å². The number of rotatable bonds is 5. The van der Waals surface area contributed by atoms with Crippen molar-refractivity contribution < 1.29 is 4.79 Å². The molecule has 0 fully saturated rings. The van der Waals surface area contributed by atoms with Crippen LogP contribution in [0.1, 0.15) is 43.4 Å². The largest absolute Gasteiger partial charge is 0.326 e. The van der Waals surface area contributed by atoms with E-state index in [9.17, 15) is 4.79 Å². The molecular weight excluding hydrogens is 296 g/mol. The summed E-state index contributed by atoms with van der Waals surface area (Å²) >= 11 is 0. The molecule has 0 aliphatic rings. The molecule has 1 atom stereocenters. The maximum Gasteiger partial charge on any atom is 0.226 e. The zero-order valence-electron chi connectivity index (χ0n) is 13.0. The maximum atomic E-state index is 12.0. The van der Waals surface area contributed by atoms with Gasteiger partial charge in [-0.05, 0) is 29.2 Å². The SMILES string of the molecule is CC(C)c1ccc(NC(=O)CC(N)c2ccccc2)cc1.Cl. The van der Waals surface area contributed by atoms with Crippen molar-refractivity contribution >= 4 is 24.0 Å². The Hall–Kier alpha value is -1.84. The summed E-state index contributed by atoms with van der Waals surface area (Å²) in [5.41, 5.74) is 9.10. The molecule has 4 heteroatoms. The molecule has 0 aliphatic carbocycles. The van der Waals surface area contributed by atoms with Crippen molar-refractivity contribution in [3.8, 4) is 0 Å². The van der Waals surface area contributed by atoms with E-state index in [0.717, 1.165) is 11.3 Å². The highest BCUT2D eigenvalue weighted by Gasteiger charge is 2.11. The van der Waals surface area contributed by atoms with Crippen molar-refractivity contribution in [2.24, 2.45) is 5.73 Å². The molecule has 0 spiro atoms. The molecule has 0 bridgehead atoms. The average Bonchev–Trinajstić information content (AvgIpc) is 2.48. The van der Waals surface area contributed by atoms with E-state index in [2.05, 4.69) is 19.2 Å². The van der Waals surface area contributed by atoms with Crippen molar-refractivity contribution in [3.05, 3.63) is 65.7 Å². The molecule has 3 nitrogen and oxygen atoms in total. The fourth-order valence-corrected chi connectivity index (χ4v) is 2.18. The first kappa shape index (κ1) is 18.2. The first-order valence-corrected chi connectivity index (χ1v) is 7.26. The van der Waals surface area contributed by atoms with Gasteiger partial charge in [-0.1, -0.05) is 56.3 Å². The van der Waals surface area contributed by atoms with Gasteiger partial charge in [0, 0.05) is 18.2 Å². The summed E-state index contributed by atoms with van der Waals surface area (Å²) in [7, 11) is 0. The third kappa shape index (κ3) is 5.17. The van der Waals surface area contributed by atoms with Crippen LogP contribution in [0.25, 0.3) is 0 Å². The van der Waals surface area contributed by atoms with Gasteiger partial charge < -0.3 is 11.1 Å². The van der Waals surface area contributed by atoms with Gasteiger partial charge in [0.25, 0.3) is 0 Å². The molecule has 0 radical (unpaired) electrons. The summed E-state index contributed by atoms with van der Waals surface area (Å²) in [6.45, 7) is 4.29. The lowest BCUT2D eigenvalue weighted by atomic mass is 10.0. The molecule has 2 aromatic carbocycles. The van der Waals surface area contributed by atoms with E-state index in [-0.39, 0.29) is 30.8 Å². The molecule has 0 heterocycles. The van der Waals surface area contributed by atoms with Crippen LogP contribution in [0.2, 0.25) is 0 Å². The summed E-state index contributed by atoms with van der Waals surface area (Å²) in [5.74, 6) is 0.421. The lowest BCUT2D eigenvalue weighted by Crippen LogP contribution is -2.20. The van der Waals surface area contributed by atoms with Gasteiger partial charge in [-0.2, -0.15) is 0 Å². The Bertz CT molecular complexity index is 582. The van der Waals surface area contributed by atoms with Gasteiger partial charge >= 0.3 is 0 Å². The molecule has 1 amide bonds. The minimum Gasteiger partial charge on any atom is -0.326 e. The number of carbonyl (C=O) groups excluding carboxylic acids is 1. The summed E-state index contributed by atoms with van der Waals surface area (Å²) in [4.78, 5) is 12.0. The van der Waals surface area contributed by atoms with Crippen LogP contribution in [0, 0.1) is 0 Å². The lowest BCUT2D eigenvalue weighted by molar-refractivity contribution is -0.116. The molecular formula is C18H23ClN2O. The van der Waals surface area contributed by atoms with Crippen LogP contribution >= 0.6 is 12.4 Å². The smallest absolute Gasteiger partial charge is 0.226 e. The predicted molar refractivity (Wildman–Crippen MR) is 94.4 cm³/mol. The van der Waals surface area contributed by atoms with Crippen LogP contribution in [0.15, 0.2) is 54.6 Å². The van der Waals surface area contributed by atoms with Gasteiger partial charge in [-0.15, -0.1) is 12.4 Å². The fourth-order valence-electron chi connectivity index (χ4n) is 2.18. The monoisotopic (exact) mass is 318 g/mol. The van der Waals surface area contributed by atoms with Gasteiger partial charge in [0.15, 0.2) is 0 Å². The zero-order valence-corrected chi connectivity index (χ0v) is 13.8. The van der Waals surface area contributed by atoms with E-state index in [0.29, 0.717) is 5.92 Å². The topological polar surface area (TPSA) is 55.1 Å². The lowest BCUT2D eigenvalue weighted by Gasteiger charge is -2.12. The Kier molecular flexibility index (Phi) is 7.09. The van der Waals surface area contributed by atoms with Gasteiger partial charge in [0.05, 0.1) is 0 Å². The molecule has 3 N–H and O–H groups in total. The maximum absolute atomic E-state index is 12.0. The minimum atomic E-state index is -0.277. The van der Waals surface area contributed by atoms with Gasteiger partial charge in [0.2, 0.25) is 5.91 Å². The van der Waals surface area contributed by atoms with Crippen LogP contribution in [-0.4, -0.2) is 5.91 Å². The number of benzene rings is 2. The van der Waals surface area contributed by atoms with E-state index >= 15 is 0 Å². The second kappa shape index (κ2) is 8.57. The molecule has 2 aromatic rings. The minimum absolute atomic E-state index is 0. The Morgan fingerprint density at radius 3 is 2.14 bits per heavy atom. The summed E-state index contributed by atoms with van der Waals surface area (Å²) in [6.07, 6.45) is 0.274. The molecule has 118 valence electrons. The number of halogens is 1. The first-order chi connectivity index (χ1) is 10.1. The molecule has 0 saturated carbocycles. The third-order valence-corrected chi connectivity index (χ3v) is 3.49. The number of amides is 1. The Labute approximate surface area is 138 Å². The quantitative estimate of drug-likeness (QED) is 0.865. The molecule has 0 saturated heterocycles. The fraction of sp³-hybridized carbons (Fsp3) is 0.278. The molecule has 0 aliphatic heterocycles. The van der Waals surface area contributed by atoms with E-state index in [1.807, 2.05) is 54.6 Å². The number of anilines is 1. The van der Waals surface area contributed by atoms with Gasteiger partial charge in [-0.3, -0.25) is 4.79 Å². The van der Waals surface area contributed by atoms with E-state index < -0.39 is 0 Å². The second-order valence-electron chi connectivity index (χ2n) is 5.55. The van der Waals surface area contributed by atoms with E-state index in [1.165, 1.54) is 5.56 Å². The van der Waals surface area contributed by atoms with Gasteiger partial charge in [-0.25, -0.2) is 0 Å². The third-order valence-electron chi connectivity index (χ3n) is 3.49. The highest BCUT2D eigenvalue weighted by atomic mass is 35.5. The van der Waals surface area contributed by atoms with Crippen LogP contribution in [0.4, 0.5) is 5.69 Å². The number of nitrogens with one attached hydrogen (secondary N) is 1. The zero-order chi connectivity index (χ0) is 15.2. The Morgan fingerprint density at radius 1 is 1.00 bits per heavy atom.